The van der Waals surface area contributed by atoms with E-state index in [1.165, 1.54) is 36.6 Å². The Morgan fingerprint density at radius 1 is 0.868 bits per heavy atom. The van der Waals surface area contributed by atoms with Gasteiger partial charge in [-0.3, -0.25) is 51.7 Å². The quantitative estimate of drug-likeness (QED) is 0.0260. The first-order valence-electron chi connectivity index (χ1n) is 21.6. The number of imidazole rings is 2. The summed E-state index contributed by atoms with van der Waals surface area (Å²) in [5.41, 5.74) is 8.59. The van der Waals surface area contributed by atoms with Crippen LogP contribution in [0.3, 0.4) is 0 Å². The third-order valence-electron chi connectivity index (χ3n) is 11.8. The molecular formula is C34H46FN13O24P4. The smallest absolute Gasteiger partial charge is 0.490 e. The summed E-state index contributed by atoms with van der Waals surface area (Å²) in [6, 6.07) is 0.884. The second-order valence-corrected chi connectivity index (χ2v) is 23.1. The number of halogens is 1. The molecule has 8 rings (SSSR count). The molecule has 0 aromatic carbocycles. The number of hydrogen-bond acceptors (Lipinski definition) is 27. The molecule has 3 aliphatic rings. The van der Waals surface area contributed by atoms with Gasteiger partial charge >= 0.3 is 34.8 Å². The number of amides is 1. The number of phosphoric acid groups is 4. The Hall–Kier alpha value is -5.14. The number of anilines is 2. The van der Waals surface area contributed by atoms with Gasteiger partial charge in [-0.15, -0.1) is 0 Å². The highest BCUT2D eigenvalue weighted by molar-refractivity contribution is 7.66. The lowest BCUT2D eigenvalue weighted by molar-refractivity contribution is -0.745. The van der Waals surface area contributed by atoms with Crippen molar-refractivity contribution < 1.29 is 108 Å². The number of aliphatic hydroxyl groups is 3. The molecule has 0 spiro atoms. The largest absolute Gasteiger partial charge is 0.756 e. The summed E-state index contributed by atoms with van der Waals surface area (Å²) in [4.78, 5) is 115. The number of nitrogen functional groups attached to an aromatic ring is 2. The fourth-order valence-electron chi connectivity index (χ4n) is 8.24. The summed E-state index contributed by atoms with van der Waals surface area (Å²) < 4.78 is 118. The van der Waals surface area contributed by atoms with E-state index in [-0.39, 0.29) is 34.1 Å². The number of nitrogens with zero attached hydrogens (tertiary/aromatic N) is 9. The number of aryl methyl sites for hydroxylation is 1. The number of hydrogen-bond donors (Lipinski definition) is 10. The molecule has 37 nitrogen and oxygen atoms in total. The summed E-state index contributed by atoms with van der Waals surface area (Å²) >= 11 is 0. The van der Waals surface area contributed by atoms with E-state index in [1.54, 1.807) is 0 Å². The van der Waals surface area contributed by atoms with Gasteiger partial charge in [0.2, 0.25) is 17.7 Å². The molecule has 76 heavy (non-hydrogen) atoms. The Balaban J connectivity index is 0.939. The van der Waals surface area contributed by atoms with Gasteiger partial charge in [-0.1, -0.05) is 4.98 Å². The summed E-state index contributed by atoms with van der Waals surface area (Å²) in [7, 11) is -19.9. The number of aromatic nitrogens is 10. The molecule has 42 heteroatoms. The van der Waals surface area contributed by atoms with Crippen LogP contribution in [-0.4, -0.2) is 167 Å². The number of ether oxygens (including phenoxy) is 3. The van der Waals surface area contributed by atoms with Crippen molar-refractivity contribution in [1.82, 2.24) is 48.5 Å². The van der Waals surface area contributed by atoms with Crippen LogP contribution in [0.5, 0.6) is 0 Å². The number of fused-ring (bicyclic) bond motifs is 2. The lowest BCUT2D eigenvalue weighted by Crippen LogP contribution is -2.45. The van der Waals surface area contributed by atoms with E-state index in [1.807, 2.05) is 4.98 Å². The molecule has 0 saturated carbocycles. The van der Waals surface area contributed by atoms with Gasteiger partial charge in [0.15, 0.2) is 36.4 Å². The maximum Gasteiger partial charge on any atom is 0.490 e. The van der Waals surface area contributed by atoms with Crippen LogP contribution in [0.1, 0.15) is 25.1 Å². The highest BCUT2D eigenvalue weighted by Crippen LogP contribution is 2.68. The van der Waals surface area contributed by atoms with Crippen molar-refractivity contribution >= 4 is 71.3 Å². The van der Waals surface area contributed by atoms with Crippen LogP contribution < -0.4 is 37.7 Å². The molecule has 0 radical (unpaired) electrons. The Morgan fingerprint density at radius 3 is 2.17 bits per heavy atom. The Morgan fingerprint density at radius 2 is 1.51 bits per heavy atom. The van der Waals surface area contributed by atoms with Gasteiger partial charge in [0, 0.05) is 38.7 Å². The first-order chi connectivity index (χ1) is 35.4. The van der Waals surface area contributed by atoms with Crippen molar-refractivity contribution in [2.45, 2.75) is 74.0 Å². The molecule has 1 amide bonds. The topological polar surface area (TPSA) is 521 Å². The molecule has 418 valence electrons. The number of aliphatic hydroxyl groups excluding tert-OH is 3. The summed E-state index contributed by atoms with van der Waals surface area (Å²) in [5, 5.41) is 32.5. The number of H-pyrrole nitrogens is 2. The first kappa shape index (κ1) is 57.0. The van der Waals surface area contributed by atoms with E-state index in [0.717, 1.165) is 34.4 Å². The third-order valence-corrected chi connectivity index (χ3v) is 17.0. The van der Waals surface area contributed by atoms with Gasteiger partial charge in [-0.2, -0.15) is 8.62 Å². The van der Waals surface area contributed by atoms with Crippen LogP contribution >= 0.6 is 31.3 Å². The van der Waals surface area contributed by atoms with E-state index >= 15 is 4.39 Å². The van der Waals surface area contributed by atoms with E-state index in [4.69, 9.17) is 43.8 Å². The predicted molar refractivity (Wildman–Crippen MR) is 240 cm³/mol. The minimum absolute atomic E-state index is 0.0246. The van der Waals surface area contributed by atoms with Gasteiger partial charge in [0.25, 0.3) is 24.9 Å². The molecule has 8 heterocycles. The average Bonchev–Trinajstić information content (AvgIpc) is 4.11. The van der Waals surface area contributed by atoms with Gasteiger partial charge < -0.3 is 74.5 Å². The maximum absolute atomic E-state index is 16.5. The minimum atomic E-state index is -6.29. The zero-order valence-corrected chi connectivity index (χ0v) is 42.6. The first-order valence-corrected chi connectivity index (χ1v) is 27.6. The number of nitrogens with two attached hydrogens (primary N) is 2. The fourth-order valence-corrected chi connectivity index (χ4v) is 12.7. The van der Waals surface area contributed by atoms with Gasteiger partial charge in [-0.05, 0) is 0 Å². The van der Waals surface area contributed by atoms with E-state index in [2.05, 4.69) is 33.5 Å². The van der Waals surface area contributed by atoms with Crippen molar-refractivity contribution in [2.75, 3.05) is 45.4 Å². The van der Waals surface area contributed by atoms with Crippen LogP contribution in [0.4, 0.5) is 16.2 Å². The van der Waals surface area contributed by atoms with Crippen LogP contribution in [0, 0.1) is 5.92 Å². The van der Waals surface area contributed by atoms with Gasteiger partial charge in [-0.25, -0.2) is 42.4 Å². The zero-order valence-electron chi connectivity index (χ0n) is 39.0. The Kier molecular flexibility index (Phi) is 16.2. The monoisotopic (exact) mass is 1160 g/mol. The fraction of sp³-hybridized carbons (Fsp3) is 0.559. The lowest BCUT2D eigenvalue weighted by Gasteiger charge is -2.30. The Bertz CT molecular complexity index is 3400. The third kappa shape index (κ3) is 12.1. The maximum atomic E-state index is 16.5. The van der Waals surface area contributed by atoms with Crippen LogP contribution in [0.25, 0.3) is 22.3 Å². The molecule has 0 bridgehead atoms. The highest BCUT2D eigenvalue weighted by atomic mass is 31.3. The molecular weight excluding hydrogens is 1120 g/mol. The number of phosphoric ester groups is 3. The molecule has 3 fully saturated rings. The van der Waals surface area contributed by atoms with Crippen LogP contribution in [0.2, 0.25) is 0 Å². The molecule has 5 aromatic heterocycles. The van der Waals surface area contributed by atoms with E-state index in [9.17, 15) is 72.3 Å². The molecule has 3 aliphatic heterocycles. The number of carbonyl (C=O) groups excluding carboxylic acids is 1. The van der Waals surface area contributed by atoms with Crippen LogP contribution in [0.15, 0.2) is 45.6 Å². The van der Waals surface area contributed by atoms with Gasteiger partial charge in [0.1, 0.15) is 48.5 Å². The molecule has 0 aliphatic carbocycles. The number of carbonyl (C=O) groups is 1. The zero-order chi connectivity index (χ0) is 55.6. The van der Waals surface area contributed by atoms with Crippen molar-refractivity contribution in [3.8, 4) is 0 Å². The molecule has 16 atom stereocenters. The summed E-state index contributed by atoms with van der Waals surface area (Å²) in [5.74, 6) is -2.35. The minimum Gasteiger partial charge on any atom is -0.756 e. The van der Waals surface area contributed by atoms with Crippen molar-refractivity contribution in [1.29, 1.82) is 0 Å². The number of aromatic amines is 2. The predicted octanol–water partition coefficient (Wildman–Crippen LogP) is -4.45. The molecule has 3 saturated heterocycles. The second-order valence-electron chi connectivity index (χ2n) is 17.1. The van der Waals surface area contributed by atoms with Crippen molar-refractivity contribution in [3.05, 3.63) is 62.4 Å². The van der Waals surface area contributed by atoms with E-state index < -0.39 is 154 Å². The normalized spacial score (nSPS) is 30.0. The number of rotatable bonds is 20. The molecule has 12 N–H and O–H groups in total. The standard InChI is InChI=1S/C34H46FN13O24P4/c1-44(2)18(50)6-13-14(67-31(22(13)51)48-12-45(3)21-28(48)42-33(37)43-29(21)54)7-65-74(58,59)71-76(62,63)72-75(60,61)66-9-16-25(19(35)30(69-16)47-11-40-20-26(36)38-10-39-27(20)47)70-73(56,57)64-8-15-23(52)24(53)32(68-15)46-5-4-17(49)41-34(46)55/h4-5,10-16,19,22-25,30-32,51-53H,6-9H2,1-3H3,(H9-,36,37,38,39,41,42,43,49,54,55,56,57,58,59,60,61,62,63)/t13-,14-,15-,16-,19-,22-,23-,24-,25-,30-,31-,32-/m1/s1. The van der Waals surface area contributed by atoms with Gasteiger partial charge in [0.05, 0.1) is 39.3 Å². The van der Waals surface area contributed by atoms with Crippen LogP contribution in [-0.2, 0) is 71.0 Å². The SMILES string of the molecule is CN(C)C(=O)C[C@H]1[C@@H](O)[C@H]([n+]2cn(C)c3c(=O)[nH]c(N)nc32)O[C@@H]1COP(=O)(O)OP(=O)(O)OP(=O)(O)OC[C@H]1O[C@@H](n2cnc3c(N)ncnc32)[C@H](F)[C@@H]1OP(=O)([O-])OC[C@H]1O[C@@H](n2ccc(=O)[nH]c2=O)[C@H](O)[C@@H]1O. The Labute approximate surface area is 421 Å². The molecule has 4 unspecified atom stereocenters. The summed E-state index contributed by atoms with van der Waals surface area (Å²) in [6.07, 6.45) is -17.5. The molecule has 5 aromatic rings. The van der Waals surface area contributed by atoms with Crippen molar-refractivity contribution in [2.24, 2.45) is 13.0 Å². The second kappa shape index (κ2) is 21.6. The lowest BCUT2D eigenvalue weighted by atomic mass is 9.94. The van der Waals surface area contributed by atoms with Crippen molar-refractivity contribution in [3.63, 3.8) is 0 Å². The average molecular weight is 1160 g/mol. The number of alkyl halides is 1. The summed E-state index contributed by atoms with van der Waals surface area (Å²) in [6.45, 7) is -3.73. The number of nitrogens with one attached hydrogen (secondary N) is 2. The van der Waals surface area contributed by atoms with E-state index in [0.29, 0.717) is 4.57 Å². The highest BCUT2D eigenvalue weighted by Gasteiger charge is 2.53.